The third-order valence-electron chi connectivity index (χ3n) is 18.3. The maximum atomic E-state index is 14.9. The summed E-state index contributed by atoms with van der Waals surface area (Å²) in [7, 11) is 3.37. The Labute approximate surface area is 480 Å². The molecule has 18 nitrogen and oxygen atoms in total. The molecule has 4 aliphatic carbocycles. The van der Waals surface area contributed by atoms with Crippen molar-refractivity contribution in [2.75, 3.05) is 27.2 Å². The third kappa shape index (κ3) is 12.8. The number of carbonyl (C=O) groups is 8. The lowest BCUT2D eigenvalue weighted by molar-refractivity contribution is -0.143. The van der Waals surface area contributed by atoms with Gasteiger partial charge in [-0.15, -0.1) is 0 Å². The molecule has 0 unspecified atom stereocenters. The molecular weight excluding hydrogens is 1040 g/mol. The lowest BCUT2D eigenvalue weighted by Crippen LogP contribution is -2.58. The van der Waals surface area contributed by atoms with Gasteiger partial charge in [0, 0.05) is 36.3 Å². The molecule has 9 atom stereocenters. The molecule has 0 aromatic heterocycles. The van der Waals surface area contributed by atoms with Crippen molar-refractivity contribution in [3.8, 4) is 0 Å². The van der Waals surface area contributed by atoms with Crippen LogP contribution in [0.3, 0.4) is 0 Å². The number of allylic oxidation sites excluding steroid dienone is 1. The number of aryl methyl sites for hydroxylation is 2. The number of hydrogen-bond acceptors (Lipinski definition) is 10. The predicted octanol–water partition coefficient (Wildman–Crippen LogP) is 5.46. The Bertz CT molecular complexity index is 3130. The highest BCUT2D eigenvalue weighted by molar-refractivity contribution is 6.04. The molecule has 4 aromatic carbocycles. The van der Waals surface area contributed by atoms with E-state index in [1.54, 1.807) is 69.2 Å². The second-order valence-corrected chi connectivity index (χ2v) is 23.6. The Balaban J connectivity index is 0.840. The van der Waals surface area contributed by atoms with Crippen molar-refractivity contribution in [1.82, 2.24) is 52.3 Å². The SMILES string of the molecule is CN[C@@H](C)C(=O)NC(C(=O)N1C[C@@H](NC(=O)c2ccc3cc(C(=O)N[C@H]4C[C@@H](C(=O)N[C@@H]5CCc6ccccc65)N(C(=O)[C@@H](NC(=O)[C@H](C)NC)C5CCCCC5)C4)ccc3c2)C[C@H]1C(=O)N[C@@H]1CCc2ccccc21)=C1CCCCC1. The monoisotopic (exact) mass is 1120 g/mol. The van der Waals surface area contributed by atoms with Crippen LogP contribution in [-0.2, 0) is 41.6 Å². The van der Waals surface area contributed by atoms with Gasteiger partial charge < -0.3 is 52.3 Å². The molecule has 8 amide bonds. The summed E-state index contributed by atoms with van der Waals surface area (Å²) in [4.78, 5) is 117. The molecule has 2 heterocycles. The van der Waals surface area contributed by atoms with E-state index in [4.69, 9.17) is 0 Å². The third-order valence-corrected chi connectivity index (χ3v) is 18.3. The van der Waals surface area contributed by atoms with Crippen molar-refractivity contribution >= 4 is 58.0 Å². The summed E-state index contributed by atoms with van der Waals surface area (Å²) < 4.78 is 0. The molecule has 0 radical (unpaired) electrons. The molecule has 2 saturated carbocycles. The van der Waals surface area contributed by atoms with Crippen molar-refractivity contribution in [3.63, 3.8) is 0 Å². The second kappa shape index (κ2) is 25.8. The summed E-state index contributed by atoms with van der Waals surface area (Å²) in [5.41, 5.74) is 6.24. The van der Waals surface area contributed by atoms with E-state index in [2.05, 4.69) is 54.7 Å². The van der Waals surface area contributed by atoms with Crippen molar-refractivity contribution in [2.24, 2.45) is 5.92 Å². The molecule has 82 heavy (non-hydrogen) atoms. The zero-order chi connectivity index (χ0) is 57.6. The number of likely N-dealkylation sites (N-methyl/N-ethyl adjacent to an activating group) is 2. The van der Waals surface area contributed by atoms with Crippen LogP contribution in [0.1, 0.15) is 159 Å². The highest BCUT2D eigenvalue weighted by Crippen LogP contribution is 2.35. The minimum absolute atomic E-state index is 0.0468. The number of nitrogens with one attached hydrogen (secondary N) is 8. The number of amides is 8. The van der Waals surface area contributed by atoms with E-state index in [0.29, 0.717) is 34.7 Å². The summed E-state index contributed by atoms with van der Waals surface area (Å²) in [6.45, 7) is 3.59. The van der Waals surface area contributed by atoms with Gasteiger partial charge in [0.1, 0.15) is 23.8 Å². The van der Waals surface area contributed by atoms with Gasteiger partial charge in [0.2, 0.25) is 29.5 Å². The van der Waals surface area contributed by atoms with Crippen LogP contribution >= 0.6 is 0 Å². The first-order valence-electron chi connectivity index (χ1n) is 29.9. The summed E-state index contributed by atoms with van der Waals surface area (Å²) in [5.74, 6) is -2.91. The number of hydrogen-bond donors (Lipinski definition) is 8. The predicted molar refractivity (Wildman–Crippen MR) is 312 cm³/mol. The fraction of sp³-hybridized carbons (Fsp3) is 0.500. The topological polar surface area (TPSA) is 239 Å². The van der Waals surface area contributed by atoms with Crippen LogP contribution in [-0.4, -0.2) is 127 Å². The fourth-order valence-corrected chi connectivity index (χ4v) is 13.3. The van der Waals surface area contributed by atoms with Gasteiger partial charge in [-0.25, -0.2) is 0 Å². The normalized spacial score (nSPS) is 23.4. The average molecular weight is 1120 g/mol. The molecule has 4 aromatic rings. The van der Waals surface area contributed by atoms with E-state index < -0.39 is 54.1 Å². The van der Waals surface area contributed by atoms with Gasteiger partial charge in [0.05, 0.1) is 24.2 Å². The molecule has 10 rings (SSSR count). The van der Waals surface area contributed by atoms with Gasteiger partial charge in [-0.2, -0.15) is 0 Å². The standard InChI is InChI=1S/C64H80N10O8/c1-37(65-3)57(75)71-55(41-17-7-5-8-18-41)63(81)73-35-47(33-53(73)61(79)69-51-29-27-39-15-11-13-21-49(39)51)67-59(77)45-25-23-44-32-46(26-24-43(44)31-45)60(78)68-48-34-54(62(80)70-52-30-28-40-16-12-14-22-50(40)52)74(36-48)64(82)56(42-19-9-6-10-20-42)72-58(76)38(2)66-4/h11-16,21-26,31-32,37-38,41,47-48,51-55,65-66H,5-10,17-20,27-30,33-36H2,1-4H3,(H,67,77)(H,68,78)(H,69,79)(H,70,80)(H,71,75)(H,72,76)/t37-,38-,47-,48-,51+,52+,53-,54-,55-/m0/s1. The molecule has 2 saturated heterocycles. The molecule has 2 aliphatic heterocycles. The second-order valence-electron chi connectivity index (χ2n) is 23.6. The van der Waals surface area contributed by atoms with Crippen LogP contribution in [0, 0.1) is 5.92 Å². The van der Waals surface area contributed by atoms with E-state index in [0.717, 1.165) is 93.7 Å². The van der Waals surface area contributed by atoms with E-state index in [1.165, 1.54) is 16.0 Å². The first-order valence-corrected chi connectivity index (χ1v) is 29.9. The Morgan fingerprint density at radius 3 is 1.55 bits per heavy atom. The van der Waals surface area contributed by atoms with Crippen molar-refractivity contribution in [3.05, 3.63) is 130 Å². The van der Waals surface area contributed by atoms with Gasteiger partial charge >= 0.3 is 0 Å². The van der Waals surface area contributed by atoms with Gasteiger partial charge in [0.25, 0.3) is 17.7 Å². The molecule has 0 spiro atoms. The number of fused-ring (bicyclic) bond motifs is 3. The van der Waals surface area contributed by atoms with Crippen molar-refractivity contribution < 1.29 is 38.4 Å². The highest BCUT2D eigenvalue weighted by atomic mass is 16.2. The number of carbonyl (C=O) groups excluding carboxylic acids is 8. The summed E-state index contributed by atoms with van der Waals surface area (Å²) in [5, 5.41) is 26.0. The average Bonchev–Trinajstić information content (AvgIpc) is 4.45. The van der Waals surface area contributed by atoms with Crippen LogP contribution < -0.4 is 42.5 Å². The Kier molecular flexibility index (Phi) is 18.2. The van der Waals surface area contributed by atoms with Gasteiger partial charge in [-0.05, 0) is 174 Å². The molecule has 6 aliphatic rings. The van der Waals surface area contributed by atoms with Crippen LogP contribution in [0.2, 0.25) is 0 Å². The highest BCUT2D eigenvalue weighted by Gasteiger charge is 2.46. The Morgan fingerprint density at radius 2 is 1.01 bits per heavy atom. The number of nitrogens with zero attached hydrogens (tertiary/aromatic N) is 2. The van der Waals surface area contributed by atoms with Crippen molar-refractivity contribution in [2.45, 2.75) is 171 Å². The van der Waals surface area contributed by atoms with Gasteiger partial charge in [-0.1, -0.05) is 86.3 Å². The van der Waals surface area contributed by atoms with Crippen LogP contribution in [0.5, 0.6) is 0 Å². The maximum absolute atomic E-state index is 14.9. The van der Waals surface area contributed by atoms with Gasteiger partial charge in [0.15, 0.2) is 0 Å². The number of rotatable bonds is 17. The van der Waals surface area contributed by atoms with Crippen LogP contribution in [0.15, 0.2) is 96.2 Å². The van der Waals surface area contributed by atoms with E-state index in [1.807, 2.05) is 36.4 Å². The quantitative estimate of drug-likeness (QED) is 0.0622. The zero-order valence-electron chi connectivity index (χ0n) is 47.7. The summed E-state index contributed by atoms with van der Waals surface area (Å²) in [6, 6.07) is 21.1. The maximum Gasteiger partial charge on any atom is 0.271 e. The minimum atomic E-state index is -0.922. The molecule has 434 valence electrons. The van der Waals surface area contributed by atoms with Crippen molar-refractivity contribution in [1.29, 1.82) is 0 Å². The number of likely N-dealkylation sites (tertiary alicyclic amines) is 2. The largest absolute Gasteiger partial charge is 0.347 e. The Morgan fingerprint density at radius 1 is 0.524 bits per heavy atom. The minimum Gasteiger partial charge on any atom is -0.347 e. The molecule has 0 bridgehead atoms. The summed E-state index contributed by atoms with van der Waals surface area (Å²) in [6.07, 6.45) is 12.1. The number of benzene rings is 4. The fourth-order valence-electron chi connectivity index (χ4n) is 13.3. The first-order chi connectivity index (χ1) is 39.7. The zero-order valence-corrected chi connectivity index (χ0v) is 47.7. The first kappa shape index (κ1) is 57.8. The molecular formula is C64H80N10O8. The summed E-state index contributed by atoms with van der Waals surface area (Å²) >= 11 is 0. The van der Waals surface area contributed by atoms with Crippen LogP contribution in [0.4, 0.5) is 0 Å². The van der Waals surface area contributed by atoms with E-state index >= 15 is 0 Å². The molecule has 8 N–H and O–H groups in total. The van der Waals surface area contributed by atoms with E-state index in [-0.39, 0.29) is 85.1 Å². The lowest BCUT2D eigenvalue weighted by atomic mass is 9.83. The lowest BCUT2D eigenvalue weighted by Gasteiger charge is -2.35. The molecule has 18 heteroatoms. The molecule has 4 fully saturated rings. The Hall–Kier alpha value is -7.44. The smallest absolute Gasteiger partial charge is 0.271 e. The van der Waals surface area contributed by atoms with E-state index in [9.17, 15) is 38.4 Å². The van der Waals surface area contributed by atoms with Gasteiger partial charge in [-0.3, -0.25) is 38.4 Å². The van der Waals surface area contributed by atoms with Crippen LogP contribution in [0.25, 0.3) is 10.8 Å².